The van der Waals surface area contributed by atoms with Gasteiger partial charge in [-0.3, -0.25) is 0 Å². The highest BCUT2D eigenvalue weighted by molar-refractivity contribution is 5.19. The fourth-order valence-corrected chi connectivity index (χ4v) is 2.46. The zero-order chi connectivity index (χ0) is 13.9. The Morgan fingerprint density at radius 3 is 2.32 bits per heavy atom. The molecule has 106 valence electrons. The van der Waals surface area contributed by atoms with Gasteiger partial charge in [-0.2, -0.15) is 0 Å². The van der Waals surface area contributed by atoms with Crippen LogP contribution < -0.4 is 0 Å². The zero-order valence-electron chi connectivity index (χ0n) is 12.2. The van der Waals surface area contributed by atoms with Crippen LogP contribution in [-0.2, 0) is 0 Å². The molecule has 1 aromatic rings. The molecule has 1 aromatic carbocycles. The molecule has 0 aliphatic rings. The number of benzene rings is 1. The maximum Gasteiger partial charge on any atom is 0.0852 e. The number of hydrogen-bond acceptors (Lipinski definition) is 1. The lowest BCUT2D eigenvalue weighted by Gasteiger charge is -2.20. The first-order valence-corrected chi connectivity index (χ1v) is 7.65. The quantitative estimate of drug-likeness (QED) is 0.448. The van der Waals surface area contributed by atoms with Crippen molar-refractivity contribution < 1.29 is 5.11 Å². The Hall–Kier alpha value is -1.08. The van der Waals surface area contributed by atoms with E-state index in [2.05, 4.69) is 13.5 Å². The smallest absolute Gasteiger partial charge is 0.0852 e. The van der Waals surface area contributed by atoms with Crippen LogP contribution in [0, 0.1) is 5.92 Å². The average Bonchev–Trinajstić information content (AvgIpc) is 2.47. The van der Waals surface area contributed by atoms with Crippen LogP contribution in [-0.4, -0.2) is 5.11 Å². The number of hydrogen-bond donors (Lipinski definition) is 1. The lowest BCUT2D eigenvalue weighted by Crippen LogP contribution is -2.10. The summed E-state index contributed by atoms with van der Waals surface area (Å²) in [6.07, 6.45) is 10.3. The van der Waals surface area contributed by atoms with E-state index in [1.54, 1.807) is 0 Å². The van der Waals surface area contributed by atoms with Gasteiger partial charge < -0.3 is 5.11 Å². The molecule has 0 saturated carbocycles. The molecule has 19 heavy (non-hydrogen) atoms. The topological polar surface area (TPSA) is 20.2 Å². The van der Waals surface area contributed by atoms with Crippen LogP contribution in [0.25, 0.3) is 0 Å². The molecular weight excluding hydrogens is 232 g/mol. The van der Waals surface area contributed by atoms with E-state index in [1.165, 1.54) is 38.5 Å². The lowest BCUT2D eigenvalue weighted by molar-refractivity contribution is 0.125. The zero-order valence-corrected chi connectivity index (χ0v) is 12.2. The van der Waals surface area contributed by atoms with Gasteiger partial charge in [-0.1, -0.05) is 81.9 Å². The summed E-state index contributed by atoms with van der Waals surface area (Å²) >= 11 is 0. The molecule has 0 radical (unpaired) electrons. The second-order valence-corrected chi connectivity index (χ2v) is 5.31. The normalized spacial score (nSPS) is 14.0. The van der Waals surface area contributed by atoms with E-state index in [0.717, 1.165) is 12.0 Å². The molecule has 1 nitrogen and oxygen atoms in total. The monoisotopic (exact) mass is 260 g/mol. The Morgan fingerprint density at radius 2 is 1.68 bits per heavy atom. The van der Waals surface area contributed by atoms with Crippen LogP contribution in [0.3, 0.4) is 0 Å². The van der Waals surface area contributed by atoms with Gasteiger partial charge in [0.1, 0.15) is 0 Å². The van der Waals surface area contributed by atoms with E-state index in [9.17, 15) is 5.11 Å². The summed E-state index contributed by atoms with van der Waals surface area (Å²) in [6.45, 7) is 6.12. The summed E-state index contributed by atoms with van der Waals surface area (Å²) in [5.41, 5.74) is 0.999. The molecule has 0 amide bonds. The second-order valence-electron chi connectivity index (χ2n) is 5.31. The van der Waals surface area contributed by atoms with Gasteiger partial charge in [0.25, 0.3) is 0 Å². The standard InChI is InChI=1S/C18H28O/c1-3-5-6-7-8-10-13-16(4-2)18(19)17-14-11-9-12-15-17/h4,9,11-12,14-16,18-19H,2-3,5-8,10,13H2,1H3/t16-,18-/m1/s1. The summed E-state index contributed by atoms with van der Waals surface area (Å²) in [6, 6.07) is 9.91. The maximum absolute atomic E-state index is 10.3. The van der Waals surface area contributed by atoms with Crippen molar-refractivity contribution in [2.24, 2.45) is 5.92 Å². The Kier molecular flexibility index (Phi) is 8.24. The average molecular weight is 260 g/mol. The highest BCUT2D eigenvalue weighted by atomic mass is 16.3. The largest absolute Gasteiger partial charge is 0.388 e. The number of aliphatic hydroxyl groups excluding tert-OH is 1. The van der Waals surface area contributed by atoms with Crippen molar-refractivity contribution in [1.29, 1.82) is 0 Å². The molecular formula is C18H28O. The van der Waals surface area contributed by atoms with E-state index in [0.29, 0.717) is 0 Å². The van der Waals surface area contributed by atoms with E-state index >= 15 is 0 Å². The molecule has 0 fully saturated rings. The Morgan fingerprint density at radius 1 is 1.05 bits per heavy atom. The Labute approximate surface area is 118 Å². The van der Waals surface area contributed by atoms with Crippen molar-refractivity contribution in [2.45, 2.75) is 58.0 Å². The van der Waals surface area contributed by atoms with Gasteiger partial charge in [-0.15, -0.1) is 6.58 Å². The van der Waals surface area contributed by atoms with Crippen LogP contribution >= 0.6 is 0 Å². The van der Waals surface area contributed by atoms with Crippen LogP contribution in [0.5, 0.6) is 0 Å². The Bertz CT molecular complexity index is 331. The summed E-state index contributed by atoms with van der Waals surface area (Å²) in [5.74, 6) is 0.175. The van der Waals surface area contributed by atoms with E-state index in [1.807, 2.05) is 36.4 Å². The number of aliphatic hydroxyl groups is 1. The molecule has 0 spiro atoms. The van der Waals surface area contributed by atoms with Gasteiger partial charge in [0.15, 0.2) is 0 Å². The molecule has 0 saturated heterocycles. The first-order chi connectivity index (χ1) is 9.29. The SMILES string of the molecule is C=C[C@H](CCCCCCCC)[C@@H](O)c1ccccc1. The van der Waals surface area contributed by atoms with Gasteiger partial charge in [-0.05, 0) is 12.0 Å². The fourth-order valence-electron chi connectivity index (χ4n) is 2.46. The fraction of sp³-hybridized carbons (Fsp3) is 0.556. The predicted molar refractivity (Wildman–Crippen MR) is 83.1 cm³/mol. The predicted octanol–water partition coefficient (Wildman–Crippen LogP) is 5.27. The summed E-state index contributed by atoms with van der Waals surface area (Å²) in [4.78, 5) is 0. The van der Waals surface area contributed by atoms with Crippen molar-refractivity contribution >= 4 is 0 Å². The maximum atomic E-state index is 10.3. The number of rotatable bonds is 10. The minimum atomic E-state index is -0.408. The Balaban J connectivity index is 2.31. The molecule has 1 heteroatoms. The van der Waals surface area contributed by atoms with Crippen LogP contribution in [0.1, 0.15) is 63.5 Å². The highest BCUT2D eigenvalue weighted by Crippen LogP contribution is 2.27. The van der Waals surface area contributed by atoms with Crippen molar-refractivity contribution in [3.8, 4) is 0 Å². The molecule has 0 bridgehead atoms. The van der Waals surface area contributed by atoms with Gasteiger partial charge in [-0.25, -0.2) is 0 Å². The molecule has 2 atom stereocenters. The summed E-state index contributed by atoms with van der Waals surface area (Å²) in [7, 11) is 0. The first kappa shape index (κ1) is 16.0. The van der Waals surface area contributed by atoms with Crippen LogP contribution in [0.4, 0.5) is 0 Å². The second kappa shape index (κ2) is 9.80. The molecule has 0 aromatic heterocycles. The van der Waals surface area contributed by atoms with Gasteiger partial charge in [0.05, 0.1) is 6.10 Å². The van der Waals surface area contributed by atoms with Gasteiger partial charge >= 0.3 is 0 Å². The highest BCUT2D eigenvalue weighted by Gasteiger charge is 2.16. The van der Waals surface area contributed by atoms with Gasteiger partial charge in [0, 0.05) is 5.92 Å². The van der Waals surface area contributed by atoms with E-state index in [4.69, 9.17) is 0 Å². The van der Waals surface area contributed by atoms with Crippen LogP contribution in [0.2, 0.25) is 0 Å². The minimum Gasteiger partial charge on any atom is -0.388 e. The third-order valence-corrected chi connectivity index (χ3v) is 3.74. The first-order valence-electron chi connectivity index (χ1n) is 7.65. The third-order valence-electron chi connectivity index (χ3n) is 3.74. The van der Waals surface area contributed by atoms with E-state index < -0.39 is 6.10 Å². The lowest BCUT2D eigenvalue weighted by atomic mass is 9.91. The molecule has 0 aliphatic heterocycles. The molecule has 0 heterocycles. The van der Waals surface area contributed by atoms with E-state index in [-0.39, 0.29) is 5.92 Å². The van der Waals surface area contributed by atoms with Crippen molar-refractivity contribution in [3.05, 3.63) is 48.6 Å². The van der Waals surface area contributed by atoms with Crippen LogP contribution in [0.15, 0.2) is 43.0 Å². The van der Waals surface area contributed by atoms with Crippen molar-refractivity contribution in [2.75, 3.05) is 0 Å². The number of unbranched alkanes of at least 4 members (excludes halogenated alkanes) is 5. The minimum absolute atomic E-state index is 0.175. The molecule has 0 aliphatic carbocycles. The third kappa shape index (κ3) is 6.07. The van der Waals surface area contributed by atoms with Crippen molar-refractivity contribution in [1.82, 2.24) is 0 Å². The molecule has 1 rings (SSSR count). The molecule has 0 unspecified atom stereocenters. The van der Waals surface area contributed by atoms with Crippen molar-refractivity contribution in [3.63, 3.8) is 0 Å². The summed E-state index contributed by atoms with van der Waals surface area (Å²) in [5, 5.41) is 10.3. The molecule has 1 N–H and O–H groups in total. The summed E-state index contributed by atoms with van der Waals surface area (Å²) < 4.78 is 0. The van der Waals surface area contributed by atoms with Gasteiger partial charge in [0.2, 0.25) is 0 Å².